The van der Waals surface area contributed by atoms with Crippen molar-refractivity contribution in [3.8, 4) is 0 Å². The van der Waals surface area contributed by atoms with Crippen LogP contribution in [0, 0.1) is 5.41 Å². The molecule has 5 nitrogen and oxygen atoms in total. The number of hydrogen-bond donors (Lipinski definition) is 2. The molecule has 140 valence electrons. The van der Waals surface area contributed by atoms with Gasteiger partial charge in [0.1, 0.15) is 0 Å². The van der Waals surface area contributed by atoms with Crippen molar-refractivity contribution in [3.63, 3.8) is 0 Å². The Morgan fingerprint density at radius 3 is 2.70 bits per heavy atom. The summed E-state index contributed by atoms with van der Waals surface area (Å²) in [6, 6.07) is 13.1. The maximum atomic E-state index is 13.3. The van der Waals surface area contributed by atoms with Gasteiger partial charge >= 0.3 is 0 Å². The van der Waals surface area contributed by atoms with Crippen molar-refractivity contribution in [2.24, 2.45) is 5.41 Å². The van der Waals surface area contributed by atoms with E-state index in [0.717, 1.165) is 36.0 Å². The lowest BCUT2D eigenvalue weighted by Crippen LogP contribution is -2.39. The molecule has 2 aromatic rings. The Bertz CT molecular complexity index is 897. The van der Waals surface area contributed by atoms with Crippen LogP contribution in [0.3, 0.4) is 0 Å². The predicted octanol–water partition coefficient (Wildman–Crippen LogP) is 3.37. The number of halogens is 1. The fraction of sp³-hybridized carbons (Fsp3) is 0.333. The number of likely N-dealkylation sites (tertiary alicyclic amines) is 1. The Labute approximate surface area is 162 Å². The smallest absolute Gasteiger partial charge is 0.274 e. The first-order valence-electron chi connectivity index (χ1n) is 9.11. The summed E-state index contributed by atoms with van der Waals surface area (Å²) < 4.78 is 0. The number of nitrogens with zero attached hydrogens (tertiary/aromatic N) is 1. The molecule has 4 rings (SSSR count). The van der Waals surface area contributed by atoms with Crippen LogP contribution in [0.15, 0.2) is 42.5 Å². The van der Waals surface area contributed by atoms with E-state index < -0.39 is 11.3 Å². The molecule has 2 amide bonds. The van der Waals surface area contributed by atoms with E-state index in [0.29, 0.717) is 30.1 Å². The highest BCUT2D eigenvalue weighted by Gasteiger charge is 2.48. The number of rotatable bonds is 3. The van der Waals surface area contributed by atoms with Gasteiger partial charge in [0, 0.05) is 23.7 Å². The first-order chi connectivity index (χ1) is 13.0. The van der Waals surface area contributed by atoms with E-state index in [-0.39, 0.29) is 5.91 Å². The summed E-state index contributed by atoms with van der Waals surface area (Å²) in [5.74, 6) is -0.366. The van der Waals surface area contributed by atoms with E-state index in [4.69, 9.17) is 16.8 Å². The zero-order valence-corrected chi connectivity index (χ0v) is 15.6. The molecule has 0 aromatic heterocycles. The molecule has 2 aliphatic rings. The van der Waals surface area contributed by atoms with Gasteiger partial charge in [0.15, 0.2) is 0 Å². The van der Waals surface area contributed by atoms with Crippen molar-refractivity contribution in [2.45, 2.75) is 32.2 Å². The van der Waals surface area contributed by atoms with E-state index in [1.165, 1.54) is 0 Å². The molecular weight excluding hydrogens is 364 g/mol. The molecule has 2 aromatic carbocycles. The van der Waals surface area contributed by atoms with E-state index in [2.05, 4.69) is 0 Å². The van der Waals surface area contributed by atoms with E-state index in [1.54, 1.807) is 11.5 Å². The van der Waals surface area contributed by atoms with Gasteiger partial charge in [-0.25, -0.2) is 5.48 Å². The standard InChI is InChI=1S/C21H21ClN2O3/c22-16-6-4-14(5-7-16)13-24-11-10-21(20(24)26)9-8-15-2-1-3-17(18(15)12-21)19(25)23-27/h1-7,27H,8-13H2,(H,23,25). The van der Waals surface area contributed by atoms with Crippen molar-refractivity contribution >= 4 is 23.4 Å². The second-order valence-electron chi connectivity index (χ2n) is 7.44. The number of benzene rings is 2. The molecule has 0 radical (unpaired) electrons. The van der Waals surface area contributed by atoms with Crippen molar-refractivity contribution < 1.29 is 14.8 Å². The molecule has 1 aliphatic heterocycles. The zero-order chi connectivity index (χ0) is 19.0. The van der Waals surface area contributed by atoms with Crippen LogP contribution in [0.25, 0.3) is 0 Å². The largest absolute Gasteiger partial charge is 0.338 e. The van der Waals surface area contributed by atoms with Gasteiger partial charge in [-0.3, -0.25) is 14.8 Å². The van der Waals surface area contributed by atoms with Crippen molar-refractivity contribution in [1.29, 1.82) is 0 Å². The molecule has 1 heterocycles. The first-order valence-corrected chi connectivity index (χ1v) is 9.49. The summed E-state index contributed by atoms with van der Waals surface area (Å²) in [7, 11) is 0. The van der Waals surface area contributed by atoms with Gasteiger partial charge in [-0.1, -0.05) is 35.9 Å². The average molecular weight is 385 g/mol. The molecule has 1 fully saturated rings. The van der Waals surface area contributed by atoms with Gasteiger partial charge in [0.25, 0.3) is 5.91 Å². The molecule has 1 atom stereocenters. The van der Waals surface area contributed by atoms with E-state index in [9.17, 15) is 9.59 Å². The Balaban J connectivity index is 1.58. The topological polar surface area (TPSA) is 69.6 Å². The van der Waals surface area contributed by atoms with Crippen LogP contribution in [0.5, 0.6) is 0 Å². The van der Waals surface area contributed by atoms with E-state index >= 15 is 0 Å². The van der Waals surface area contributed by atoms with Crippen LogP contribution >= 0.6 is 11.6 Å². The minimum Gasteiger partial charge on any atom is -0.338 e. The number of aryl methyl sites for hydroxylation is 1. The maximum absolute atomic E-state index is 13.3. The van der Waals surface area contributed by atoms with Crippen LogP contribution in [0.4, 0.5) is 0 Å². The second-order valence-corrected chi connectivity index (χ2v) is 7.88. The molecule has 0 saturated carbocycles. The summed E-state index contributed by atoms with van der Waals surface area (Å²) in [5.41, 5.74) is 4.76. The highest BCUT2D eigenvalue weighted by Crippen LogP contribution is 2.45. The summed E-state index contributed by atoms with van der Waals surface area (Å²) >= 11 is 5.94. The highest BCUT2D eigenvalue weighted by atomic mass is 35.5. The van der Waals surface area contributed by atoms with Gasteiger partial charge in [-0.15, -0.1) is 0 Å². The van der Waals surface area contributed by atoms with Crippen molar-refractivity contribution in [3.05, 3.63) is 69.7 Å². The molecule has 6 heteroatoms. The third-order valence-corrected chi connectivity index (χ3v) is 6.15. The molecule has 2 N–H and O–H groups in total. The first kappa shape index (κ1) is 18.0. The molecule has 27 heavy (non-hydrogen) atoms. The number of fused-ring (bicyclic) bond motifs is 1. The summed E-state index contributed by atoms with van der Waals surface area (Å²) in [5, 5.41) is 9.72. The second kappa shape index (κ2) is 6.98. The van der Waals surface area contributed by atoms with E-state index in [1.807, 2.05) is 41.3 Å². The minimum atomic E-state index is -0.521. The SMILES string of the molecule is O=C(NO)c1cccc2c1CC1(CC2)CCN(Cc2ccc(Cl)cc2)C1=O. The molecule has 1 spiro atoms. The highest BCUT2D eigenvalue weighted by molar-refractivity contribution is 6.30. The lowest BCUT2D eigenvalue weighted by atomic mass is 9.69. The van der Waals surface area contributed by atoms with Gasteiger partial charge < -0.3 is 4.90 Å². The Morgan fingerprint density at radius 2 is 1.96 bits per heavy atom. The monoisotopic (exact) mass is 384 g/mol. The summed E-state index contributed by atoms with van der Waals surface area (Å²) in [6.45, 7) is 1.29. The average Bonchev–Trinajstić information content (AvgIpc) is 2.98. The number of nitrogens with one attached hydrogen (secondary N) is 1. The fourth-order valence-corrected chi connectivity index (χ4v) is 4.53. The minimum absolute atomic E-state index is 0.155. The zero-order valence-electron chi connectivity index (χ0n) is 14.9. The third kappa shape index (κ3) is 3.22. The summed E-state index contributed by atoms with van der Waals surface area (Å²) in [4.78, 5) is 27.2. The number of hydrogen-bond acceptors (Lipinski definition) is 3. The van der Waals surface area contributed by atoms with Crippen LogP contribution in [-0.2, 0) is 24.2 Å². The lowest BCUT2D eigenvalue weighted by molar-refractivity contribution is -0.137. The van der Waals surface area contributed by atoms with Crippen LogP contribution in [0.2, 0.25) is 5.02 Å². The normalized spacial score (nSPS) is 21.4. The van der Waals surface area contributed by atoms with Crippen molar-refractivity contribution in [2.75, 3.05) is 6.54 Å². The van der Waals surface area contributed by atoms with Crippen molar-refractivity contribution in [1.82, 2.24) is 10.4 Å². The fourth-order valence-electron chi connectivity index (χ4n) is 4.40. The Hall–Kier alpha value is -2.37. The number of carbonyl (C=O) groups excluding carboxylic acids is 2. The third-order valence-electron chi connectivity index (χ3n) is 5.90. The molecule has 1 saturated heterocycles. The van der Waals surface area contributed by atoms with Crippen LogP contribution in [-0.4, -0.2) is 28.5 Å². The molecule has 1 unspecified atom stereocenters. The lowest BCUT2D eigenvalue weighted by Gasteiger charge is -2.34. The summed E-state index contributed by atoms with van der Waals surface area (Å²) in [6.07, 6.45) is 2.89. The number of carbonyl (C=O) groups is 2. The predicted molar refractivity (Wildman–Crippen MR) is 102 cm³/mol. The number of amides is 2. The van der Waals surface area contributed by atoms with Gasteiger partial charge in [0.2, 0.25) is 5.91 Å². The van der Waals surface area contributed by atoms with Crippen LogP contribution < -0.4 is 5.48 Å². The van der Waals surface area contributed by atoms with Gasteiger partial charge in [0.05, 0.1) is 5.41 Å². The Morgan fingerprint density at radius 1 is 1.19 bits per heavy atom. The van der Waals surface area contributed by atoms with Gasteiger partial charge in [-0.05, 0) is 60.6 Å². The number of hydroxylamine groups is 1. The quantitative estimate of drug-likeness (QED) is 0.629. The molecule has 0 bridgehead atoms. The maximum Gasteiger partial charge on any atom is 0.274 e. The molecular formula is C21H21ClN2O3. The molecule has 1 aliphatic carbocycles. The van der Waals surface area contributed by atoms with Crippen LogP contribution in [0.1, 0.15) is 39.9 Å². The van der Waals surface area contributed by atoms with Gasteiger partial charge in [-0.2, -0.15) is 0 Å². The Kier molecular flexibility index (Phi) is 4.66.